The zero-order chi connectivity index (χ0) is 13.3. The Morgan fingerprint density at radius 1 is 1.61 bits per heavy atom. The van der Waals surface area contributed by atoms with Gasteiger partial charge in [0.15, 0.2) is 0 Å². The van der Waals surface area contributed by atoms with E-state index in [1.165, 1.54) is 0 Å². The SMILES string of the molecule is Cc1nn(CC2(O)CCC(C(=O)O)CC2)cc1Cl. The zero-order valence-corrected chi connectivity index (χ0v) is 11.0. The maximum Gasteiger partial charge on any atom is 0.306 e. The number of nitrogens with zero attached hydrogens (tertiary/aromatic N) is 2. The summed E-state index contributed by atoms with van der Waals surface area (Å²) in [5.74, 6) is -1.09. The maximum atomic E-state index is 10.9. The zero-order valence-electron chi connectivity index (χ0n) is 10.3. The van der Waals surface area contributed by atoms with Crippen LogP contribution in [0, 0.1) is 12.8 Å². The van der Waals surface area contributed by atoms with Crippen molar-refractivity contribution in [3.8, 4) is 0 Å². The van der Waals surface area contributed by atoms with Crippen LogP contribution in [0.4, 0.5) is 0 Å². The van der Waals surface area contributed by atoms with E-state index in [1.807, 2.05) is 6.92 Å². The first-order valence-corrected chi connectivity index (χ1v) is 6.42. The Labute approximate surface area is 110 Å². The van der Waals surface area contributed by atoms with Gasteiger partial charge >= 0.3 is 5.97 Å². The minimum atomic E-state index is -0.867. The lowest BCUT2D eigenvalue weighted by Gasteiger charge is -2.34. The van der Waals surface area contributed by atoms with Crippen LogP contribution in [0.25, 0.3) is 0 Å². The van der Waals surface area contributed by atoms with Crippen LogP contribution < -0.4 is 0 Å². The van der Waals surface area contributed by atoms with Crippen LogP contribution in [0.5, 0.6) is 0 Å². The smallest absolute Gasteiger partial charge is 0.306 e. The predicted molar refractivity (Wildman–Crippen MR) is 66.5 cm³/mol. The molecule has 1 saturated carbocycles. The van der Waals surface area contributed by atoms with Crippen molar-refractivity contribution in [3.63, 3.8) is 0 Å². The van der Waals surface area contributed by atoms with Gasteiger partial charge in [0, 0.05) is 6.20 Å². The van der Waals surface area contributed by atoms with E-state index in [4.69, 9.17) is 16.7 Å². The van der Waals surface area contributed by atoms with Crippen molar-refractivity contribution in [1.29, 1.82) is 0 Å². The van der Waals surface area contributed by atoms with Crippen LogP contribution in [0.2, 0.25) is 5.02 Å². The quantitative estimate of drug-likeness (QED) is 0.881. The number of carboxylic acids is 1. The van der Waals surface area contributed by atoms with Crippen molar-refractivity contribution < 1.29 is 15.0 Å². The number of aliphatic hydroxyl groups is 1. The van der Waals surface area contributed by atoms with Gasteiger partial charge in [-0.05, 0) is 32.6 Å². The van der Waals surface area contributed by atoms with Gasteiger partial charge in [0.05, 0.1) is 28.8 Å². The highest BCUT2D eigenvalue weighted by Gasteiger charge is 2.36. The molecule has 1 aromatic heterocycles. The molecule has 100 valence electrons. The molecule has 0 radical (unpaired) electrons. The molecule has 0 amide bonds. The number of hydrogen-bond donors (Lipinski definition) is 2. The highest BCUT2D eigenvalue weighted by Crippen LogP contribution is 2.33. The molecule has 1 fully saturated rings. The number of carbonyl (C=O) groups is 1. The Morgan fingerprint density at radius 2 is 2.22 bits per heavy atom. The molecular formula is C12H17ClN2O3. The molecule has 0 bridgehead atoms. The van der Waals surface area contributed by atoms with Gasteiger partial charge in [0.1, 0.15) is 0 Å². The first kappa shape index (κ1) is 13.4. The highest BCUT2D eigenvalue weighted by molar-refractivity contribution is 6.31. The summed E-state index contributed by atoms with van der Waals surface area (Å²) in [6, 6.07) is 0. The Bertz CT molecular complexity index is 431. The fourth-order valence-corrected chi connectivity index (χ4v) is 2.59. The molecular weight excluding hydrogens is 256 g/mol. The first-order chi connectivity index (χ1) is 8.39. The average molecular weight is 273 g/mol. The van der Waals surface area contributed by atoms with E-state index in [0.29, 0.717) is 37.3 Å². The van der Waals surface area contributed by atoms with Crippen molar-refractivity contribution >= 4 is 17.6 Å². The first-order valence-electron chi connectivity index (χ1n) is 6.04. The minimum Gasteiger partial charge on any atom is -0.481 e. The lowest BCUT2D eigenvalue weighted by molar-refractivity contribution is -0.145. The van der Waals surface area contributed by atoms with Gasteiger partial charge in [-0.15, -0.1) is 0 Å². The normalized spacial score (nSPS) is 28.3. The maximum absolute atomic E-state index is 10.9. The van der Waals surface area contributed by atoms with Crippen molar-refractivity contribution in [2.75, 3.05) is 0 Å². The molecule has 2 rings (SSSR count). The molecule has 0 aliphatic heterocycles. The Balaban J connectivity index is 1.99. The van der Waals surface area contributed by atoms with Crippen molar-refractivity contribution in [2.24, 2.45) is 5.92 Å². The van der Waals surface area contributed by atoms with Gasteiger partial charge in [-0.3, -0.25) is 9.48 Å². The van der Waals surface area contributed by atoms with E-state index in [-0.39, 0.29) is 5.92 Å². The van der Waals surface area contributed by atoms with Gasteiger partial charge < -0.3 is 10.2 Å². The van der Waals surface area contributed by atoms with Gasteiger partial charge in [-0.25, -0.2) is 0 Å². The summed E-state index contributed by atoms with van der Waals surface area (Å²) >= 11 is 5.91. The van der Waals surface area contributed by atoms with E-state index in [0.717, 1.165) is 5.69 Å². The second-order valence-electron chi connectivity index (χ2n) is 5.10. The van der Waals surface area contributed by atoms with Crippen LogP contribution in [0.15, 0.2) is 6.20 Å². The molecule has 1 aliphatic carbocycles. The summed E-state index contributed by atoms with van der Waals surface area (Å²) in [6.45, 7) is 2.18. The third kappa shape index (κ3) is 2.84. The van der Waals surface area contributed by atoms with Crippen LogP contribution in [0.1, 0.15) is 31.4 Å². The molecule has 1 heterocycles. The fourth-order valence-electron chi connectivity index (χ4n) is 2.44. The largest absolute Gasteiger partial charge is 0.481 e. The van der Waals surface area contributed by atoms with Crippen LogP contribution >= 0.6 is 11.6 Å². The van der Waals surface area contributed by atoms with Crippen LogP contribution in [-0.2, 0) is 11.3 Å². The number of aryl methyl sites for hydroxylation is 1. The highest BCUT2D eigenvalue weighted by atomic mass is 35.5. The Hall–Kier alpha value is -1.07. The number of hydrogen-bond acceptors (Lipinski definition) is 3. The van der Waals surface area contributed by atoms with Crippen LogP contribution in [-0.4, -0.2) is 31.6 Å². The predicted octanol–water partition coefficient (Wildman–Crippen LogP) is 1.85. The number of aliphatic carboxylic acids is 1. The summed E-state index contributed by atoms with van der Waals surface area (Å²) in [4.78, 5) is 10.9. The molecule has 5 nitrogen and oxygen atoms in total. The van der Waals surface area contributed by atoms with E-state index in [2.05, 4.69) is 5.10 Å². The molecule has 0 unspecified atom stereocenters. The van der Waals surface area contributed by atoms with Gasteiger partial charge in [0.2, 0.25) is 0 Å². The fraction of sp³-hybridized carbons (Fsp3) is 0.667. The minimum absolute atomic E-state index is 0.326. The topological polar surface area (TPSA) is 75.3 Å². The summed E-state index contributed by atoms with van der Waals surface area (Å²) in [5, 5.41) is 24.1. The summed E-state index contributed by atoms with van der Waals surface area (Å²) in [5.41, 5.74) is -0.132. The number of rotatable bonds is 3. The summed E-state index contributed by atoms with van der Waals surface area (Å²) in [6.07, 6.45) is 3.69. The lowest BCUT2D eigenvalue weighted by atomic mass is 9.79. The van der Waals surface area contributed by atoms with Crippen LogP contribution in [0.3, 0.4) is 0 Å². The van der Waals surface area contributed by atoms with E-state index in [9.17, 15) is 9.90 Å². The Morgan fingerprint density at radius 3 is 2.67 bits per heavy atom. The van der Waals surface area contributed by atoms with Gasteiger partial charge in [0.25, 0.3) is 0 Å². The molecule has 1 aliphatic rings. The summed E-state index contributed by atoms with van der Waals surface area (Å²) in [7, 11) is 0. The lowest BCUT2D eigenvalue weighted by Crippen LogP contribution is -2.40. The van der Waals surface area contributed by atoms with Crippen molar-refractivity contribution in [2.45, 2.75) is 44.8 Å². The van der Waals surface area contributed by atoms with E-state index >= 15 is 0 Å². The second kappa shape index (κ2) is 4.90. The average Bonchev–Trinajstić information content (AvgIpc) is 2.57. The monoisotopic (exact) mass is 272 g/mol. The van der Waals surface area contributed by atoms with Crippen molar-refractivity contribution in [3.05, 3.63) is 16.9 Å². The number of aromatic nitrogens is 2. The number of carboxylic acid groups (broad SMARTS) is 1. The molecule has 0 spiro atoms. The third-order valence-electron chi connectivity index (χ3n) is 3.61. The van der Waals surface area contributed by atoms with Crippen molar-refractivity contribution in [1.82, 2.24) is 9.78 Å². The van der Waals surface area contributed by atoms with Gasteiger partial charge in [-0.1, -0.05) is 11.6 Å². The molecule has 0 aromatic carbocycles. The number of halogens is 1. The van der Waals surface area contributed by atoms with Gasteiger partial charge in [-0.2, -0.15) is 5.10 Å². The molecule has 2 N–H and O–H groups in total. The van der Waals surface area contributed by atoms with E-state index < -0.39 is 11.6 Å². The molecule has 0 atom stereocenters. The molecule has 18 heavy (non-hydrogen) atoms. The molecule has 0 saturated heterocycles. The second-order valence-corrected chi connectivity index (χ2v) is 5.50. The standard InChI is InChI=1S/C12H17ClN2O3/c1-8-10(13)6-15(14-8)7-12(18)4-2-9(3-5-12)11(16)17/h6,9,18H,2-5,7H2,1H3,(H,16,17). The summed E-state index contributed by atoms with van der Waals surface area (Å²) < 4.78 is 1.64. The molecule has 6 heteroatoms. The third-order valence-corrected chi connectivity index (χ3v) is 3.98. The van der Waals surface area contributed by atoms with E-state index in [1.54, 1.807) is 10.9 Å². The Kier molecular flexibility index (Phi) is 3.64. The molecule has 1 aromatic rings.